The number of rotatable bonds is 9. The van der Waals surface area contributed by atoms with Gasteiger partial charge in [0.25, 0.3) is 5.91 Å². The summed E-state index contributed by atoms with van der Waals surface area (Å²) in [6.07, 6.45) is 5.96. The molecule has 0 unspecified atom stereocenters. The van der Waals surface area contributed by atoms with Gasteiger partial charge >= 0.3 is 0 Å². The van der Waals surface area contributed by atoms with E-state index in [0.717, 1.165) is 99.0 Å². The smallest absolute Gasteiger partial charge is 0.258 e. The van der Waals surface area contributed by atoms with Crippen molar-refractivity contribution in [2.75, 3.05) is 76.2 Å². The quantitative estimate of drug-likeness (QED) is 0.224. The number of hydrogen-bond acceptors (Lipinski definition) is 14. The van der Waals surface area contributed by atoms with Gasteiger partial charge in [-0.3, -0.25) is 19.4 Å². The molecule has 2 aromatic heterocycles. The number of anilines is 2. The Labute approximate surface area is 343 Å². The van der Waals surface area contributed by atoms with E-state index >= 15 is 0 Å². The number of morpholine rings is 1. The van der Waals surface area contributed by atoms with E-state index in [0.29, 0.717) is 62.4 Å². The molecule has 59 heavy (non-hydrogen) atoms. The highest BCUT2D eigenvalue weighted by atomic mass is 16.5. The molecular weight excluding hydrogens is 753 g/mol. The maximum Gasteiger partial charge on any atom is 0.258 e. The zero-order valence-corrected chi connectivity index (χ0v) is 33.7. The van der Waals surface area contributed by atoms with Gasteiger partial charge in [0.2, 0.25) is 11.9 Å². The van der Waals surface area contributed by atoms with E-state index in [4.69, 9.17) is 25.2 Å². The minimum atomic E-state index is -0.266. The van der Waals surface area contributed by atoms with E-state index in [-0.39, 0.29) is 46.8 Å². The lowest BCUT2D eigenvalue weighted by Crippen LogP contribution is -2.63. The molecule has 9 rings (SSSR count). The van der Waals surface area contributed by atoms with Crippen molar-refractivity contribution in [1.29, 1.82) is 0 Å². The lowest BCUT2D eigenvalue weighted by molar-refractivity contribution is -0.140. The second-order valence-corrected chi connectivity index (χ2v) is 16.7. The first-order chi connectivity index (χ1) is 28.6. The summed E-state index contributed by atoms with van der Waals surface area (Å²) in [4.78, 5) is 55.9. The van der Waals surface area contributed by atoms with Crippen LogP contribution in [0.2, 0.25) is 0 Å². The van der Waals surface area contributed by atoms with E-state index in [1.165, 1.54) is 6.07 Å². The first-order valence-corrected chi connectivity index (χ1v) is 20.7. The van der Waals surface area contributed by atoms with Crippen LogP contribution in [0.1, 0.15) is 70.9 Å². The van der Waals surface area contributed by atoms with Crippen LogP contribution in [0.3, 0.4) is 0 Å². The second kappa shape index (κ2) is 16.2. The SMILES string of the molecule is CC(C)c1cc(C(=O)N2Cc3ccc(OC4CCN(C5CN(C(=O)CN6CCc7c(nc(-c8cnc(N)nc8)nc7N7CCOCC7)C6)C5)CC4)cc3C2)c(O)cc1O. The number of likely N-dealkylation sites (tertiary alicyclic amines) is 2. The van der Waals surface area contributed by atoms with Crippen molar-refractivity contribution in [3.05, 3.63) is 76.2 Å². The summed E-state index contributed by atoms with van der Waals surface area (Å²) in [6, 6.07) is 9.25. The number of phenolic OH excluding ortho intramolecular Hbond substituents is 2. The van der Waals surface area contributed by atoms with Gasteiger partial charge in [-0.1, -0.05) is 19.9 Å². The number of aromatic hydroxyl groups is 2. The van der Waals surface area contributed by atoms with E-state index in [2.05, 4.69) is 24.7 Å². The molecule has 2 amide bonds. The van der Waals surface area contributed by atoms with Gasteiger partial charge in [-0.2, -0.15) is 0 Å². The average Bonchev–Trinajstić information content (AvgIpc) is 3.64. The van der Waals surface area contributed by atoms with Crippen molar-refractivity contribution in [2.45, 2.75) is 70.8 Å². The topological polar surface area (TPSA) is 187 Å². The van der Waals surface area contributed by atoms with Crippen LogP contribution in [0.15, 0.2) is 42.7 Å². The maximum absolute atomic E-state index is 13.5. The molecule has 0 radical (unpaired) electrons. The summed E-state index contributed by atoms with van der Waals surface area (Å²) >= 11 is 0. The van der Waals surface area contributed by atoms with Crippen LogP contribution in [0.25, 0.3) is 11.4 Å². The third kappa shape index (κ3) is 8.08. The Morgan fingerprint density at radius 1 is 0.898 bits per heavy atom. The summed E-state index contributed by atoms with van der Waals surface area (Å²) in [6.45, 7) is 12.6. The number of hydrogen-bond donors (Lipinski definition) is 3. The normalized spacial score (nSPS) is 19.1. The number of phenols is 2. The van der Waals surface area contributed by atoms with Crippen molar-refractivity contribution in [1.82, 2.24) is 39.5 Å². The average molecular weight is 805 g/mol. The Balaban J connectivity index is 0.750. The van der Waals surface area contributed by atoms with Crippen molar-refractivity contribution < 1.29 is 29.3 Å². The molecule has 0 saturated carbocycles. The van der Waals surface area contributed by atoms with Crippen molar-refractivity contribution in [2.24, 2.45) is 0 Å². The molecule has 310 valence electrons. The summed E-state index contributed by atoms with van der Waals surface area (Å²) in [5.41, 5.74) is 11.4. The fraction of sp³-hybridized carbons (Fsp3) is 0.488. The first-order valence-electron chi connectivity index (χ1n) is 20.7. The van der Waals surface area contributed by atoms with Crippen molar-refractivity contribution >= 4 is 23.6 Å². The van der Waals surface area contributed by atoms with Crippen molar-refractivity contribution in [3.63, 3.8) is 0 Å². The van der Waals surface area contributed by atoms with Gasteiger partial charge < -0.3 is 40.1 Å². The van der Waals surface area contributed by atoms with Gasteiger partial charge in [0.15, 0.2) is 5.82 Å². The molecule has 7 heterocycles. The summed E-state index contributed by atoms with van der Waals surface area (Å²) < 4.78 is 12.1. The largest absolute Gasteiger partial charge is 0.508 e. The van der Waals surface area contributed by atoms with Crippen molar-refractivity contribution in [3.8, 4) is 28.6 Å². The maximum atomic E-state index is 13.5. The molecule has 5 aliphatic heterocycles. The number of nitrogens with zero attached hydrogens (tertiary/aromatic N) is 9. The number of aromatic nitrogens is 4. The van der Waals surface area contributed by atoms with Crippen LogP contribution in [0.4, 0.5) is 11.8 Å². The highest BCUT2D eigenvalue weighted by Crippen LogP contribution is 2.36. The summed E-state index contributed by atoms with van der Waals surface area (Å²) in [5.74, 6) is 2.14. The first kappa shape index (κ1) is 38.9. The Morgan fingerprint density at radius 3 is 2.39 bits per heavy atom. The highest BCUT2D eigenvalue weighted by Gasteiger charge is 2.38. The van der Waals surface area contributed by atoms with Gasteiger partial charge in [0, 0.05) is 95.5 Å². The number of nitrogen functional groups attached to an aromatic ring is 1. The predicted octanol–water partition coefficient (Wildman–Crippen LogP) is 3.16. The van der Waals surface area contributed by atoms with E-state index in [1.807, 2.05) is 36.9 Å². The number of ether oxygens (including phenoxy) is 2. The van der Waals surface area contributed by atoms with E-state index in [1.54, 1.807) is 23.4 Å². The lowest BCUT2D eigenvalue weighted by Gasteiger charge is -2.48. The predicted molar refractivity (Wildman–Crippen MR) is 219 cm³/mol. The minimum Gasteiger partial charge on any atom is -0.508 e. The highest BCUT2D eigenvalue weighted by molar-refractivity contribution is 5.97. The molecule has 3 saturated heterocycles. The molecule has 0 aliphatic carbocycles. The molecule has 4 N–H and O–H groups in total. The van der Waals surface area contributed by atoms with Crippen LogP contribution in [0, 0.1) is 0 Å². The number of amides is 2. The van der Waals surface area contributed by atoms with Gasteiger partial charge in [-0.15, -0.1) is 0 Å². The second-order valence-electron chi connectivity index (χ2n) is 16.7. The Bertz CT molecular complexity index is 2220. The molecule has 4 aromatic rings. The number of carbonyl (C=O) groups is 2. The van der Waals surface area contributed by atoms with E-state index in [9.17, 15) is 19.8 Å². The summed E-state index contributed by atoms with van der Waals surface area (Å²) in [7, 11) is 0. The zero-order valence-electron chi connectivity index (χ0n) is 33.7. The third-order valence-corrected chi connectivity index (χ3v) is 12.4. The number of nitrogens with two attached hydrogens (primary N) is 1. The van der Waals surface area contributed by atoms with Crippen LogP contribution >= 0.6 is 0 Å². The van der Waals surface area contributed by atoms with Crippen LogP contribution in [0.5, 0.6) is 17.2 Å². The van der Waals surface area contributed by atoms with E-state index < -0.39 is 0 Å². The van der Waals surface area contributed by atoms with Gasteiger partial charge in [0.1, 0.15) is 29.2 Å². The molecule has 5 aliphatic rings. The van der Waals surface area contributed by atoms with Gasteiger partial charge in [0.05, 0.1) is 36.6 Å². The molecule has 0 atom stereocenters. The number of piperidine rings is 1. The number of carbonyl (C=O) groups excluding carboxylic acids is 2. The number of benzene rings is 2. The van der Waals surface area contributed by atoms with Crippen LogP contribution in [-0.4, -0.2) is 139 Å². The Hall–Kier alpha value is -5.58. The minimum absolute atomic E-state index is 0.00770. The molecule has 0 bridgehead atoms. The Morgan fingerprint density at radius 2 is 1.64 bits per heavy atom. The monoisotopic (exact) mass is 804 g/mol. The molecule has 2 aromatic carbocycles. The standard InChI is InChI=1S/C43H52N10O6/c1-26(2)34-16-35(38(55)17-37(34)54)42(57)53-20-27-3-4-32(15-28(27)21-53)59-31-5-9-50(10-6-31)30-22-52(23-30)39(56)25-49-8-7-33-36(24-49)47-40(29-18-45-43(44)46-19-29)48-41(33)51-11-13-58-14-12-51/h3-4,15-19,26,30-31,54-55H,5-14,20-25H2,1-2H3,(H2,44,45,46). The molecule has 16 heteroatoms. The molecule has 3 fully saturated rings. The third-order valence-electron chi connectivity index (χ3n) is 12.4. The fourth-order valence-corrected chi connectivity index (χ4v) is 8.94. The molecule has 0 spiro atoms. The fourth-order valence-electron chi connectivity index (χ4n) is 8.94. The molecule has 16 nitrogen and oxygen atoms in total. The molecular formula is C43H52N10O6. The van der Waals surface area contributed by atoms with Crippen LogP contribution in [-0.2, 0) is 35.6 Å². The summed E-state index contributed by atoms with van der Waals surface area (Å²) in [5, 5.41) is 20.7. The zero-order chi connectivity index (χ0) is 40.8. The Kier molecular flexibility index (Phi) is 10.7. The lowest BCUT2D eigenvalue weighted by atomic mass is 9.98. The van der Waals surface area contributed by atoms with Crippen LogP contribution < -0.4 is 15.4 Å². The van der Waals surface area contributed by atoms with Gasteiger partial charge in [-0.05, 0) is 60.1 Å². The van der Waals surface area contributed by atoms with Gasteiger partial charge in [-0.25, -0.2) is 19.9 Å². The number of fused-ring (bicyclic) bond motifs is 2.